The van der Waals surface area contributed by atoms with E-state index in [2.05, 4.69) is 11.1 Å². The van der Waals surface area contributed by atoms with Crippen molar-refractivity contribution in [1.82, 2.24) is 4.98 Å². The van der Waals surface area contributed by atoms with Crippen molar-refractivity contribution in [3.8, 4) is 0 Å². The maximum Gasteiger partial charge on any atom is 0.336 e. The van der Waals surface area contributed by atoms with Crippen molar-refractivity contribution in [2.75, 3.05) is 6.54 Å². The summed E-state index contributed by atoms with van der Waals surface area (Å²) in [7, 11) is 0. The summed E-state index contributed by atoms with van der Waals surface area (Å²) in [6, 6.07) is 13.0. The molecule has 118 valence electrons. The second kappa shape index (κ2) is 6.24. The Kier molecular flexibility index (Phi) is 3.79. The lowest BCUT2D eigenvalue weighted by Crippen LogP contribution is -2.11. The molecule has 0 fully saturated rings. The van der Waals surface area contributed by atoms with E-state index < -0.39 is 0 Å². The first-order chi connectivity index (χ1) is 11.8. The smallest absolute Gasteiger partial charge is 0.336 e. The summed E-state index contributed by atoms with van der Waals surface area (Å²) in [6.07, 6.45) is 7.84. The summed E-state index contributed by atoms with van der Waals surface area (Å²) in [4.78, 5) is 20.2. The lowest BCUT2D eigenvalue weighted by Gasteiger charge is -2.16. The zero-order valence-electron chi connectivity index (χ0n) is 13.1. The van der Waals surface area contributed by atoms with E-state index in [0.717, 1.165) is 41.6 Å². The zero-order valence-corrected chi connectivity index (χ0v) is 13.1. The fourth-order valence-corrected chi connectivity index (χ4v) is 2.98. The number of allylic oxidation sites excluding steroid dienone is 1. The molecular formula is C20H16N2O2. The molecule has 4 nitrogen and oxygen atoms in total. The highest BCUT2D eigenvalue weighted by Gasteiger charge is 2.14. The molecule has 0 amide bonds. The van der Waals surface area contributed by atoms with Gasteiger partial charge in [-0.3, -0.25) is 9.98 Å². The minimum atomic E-state index is -0.327. The van der Waals surface area contributed by atoms with E-state index >= 15 is 0 Å². The third-order valence-electron chi connectivity index (χ3n) is 4.10. The summed E-state index contributed by atoms with van der Waals surface area (Å²) in [5, 5.41) is 0.916. The van der Waals surface area contributed by atoms with Gasteiger partial charge in [0.25, 0.3) is 0 Å². The SMILES string of the molecule is O=c1ccc2cc(C=C3CCCN=C3c3cccnc3)ccc2o1. The van der Waals surface area contributed by atoms with Crippen molar-refractivity contribution in [2.45, 2.75) is 12.8 Å². The van der Waals surface area contributed by atoms with Crippen LogP contribution in [0.5, 0.6) is 0 Å². The number of pyridine rings is 1. The Labute approximate surface area is 139 Å². The van der Waals surface area contributed by atoms with Crippen molar-refractivity contribution >= 4 is 22.8 Å². The van der Waals surface area contributed by atoms with Gasteiger partial charge in [-0.15, -0.1) is 0 Å². The Morgan fingerprint density at radius 2 is 2.08 bits per heavy atom. The quantitative estimate of drug-likeness (QED) is 0.675. The second-order valence-electron chi connectivity index (χ2n) is 5.80. The Balaban J connectivity index is 1.76. The lowest BCUT2D eigenvalue weighted by atomic mass is 9.94. The van der Waals surface area contributed by atoms with E-state index in [1.54, 1.807) is 12.3 Å². The molecule has 0 unspecified atom stereocenters. The molecule has 0 aliphatic carbocycles. The molecule has 0 spiro atoms. The first-order valence-electron chi connectivity index (χ1n) is 7.99. The Bertz CT molecular complexity index is 1000. The molecule has 0 atom stereocenters. The van der Waals surface area contributed by atoms with Crippen molar-refractivity contribution in [2.24, 2.45) is 4.99 Å². The summed E-state index contributed by atoms with van der Waals surface area (Å²) >= 11 is 0. The molecule has 4 rings (SSSR count). The van der Waals surface area contributed by atoms with Crippen LogP contribution >= 0.6 is 0 Å². The van der Waals surface area contributed by atoms with E-state index in [1.807, 2.05) is 36.5 Å². The maximum atomic E-state index is 11.3. The highest BCUT2D eigenvalue weighted by atomic mass is 16.4. The van der Waals surface area contributed by atoms with Gasteiger partial charge in [-0.05, 0) is 60.4 Å². The number of benzene rings is 1. The number of hydrogen-bond acceptors (Lipinski definition) is 4. The molecule has 1 aliphatic rings. The third kappa shape index (κ3) is 2.91. The number of aromatic nitrogens is 1. The fraction of sp³-hybridized carbons (Fsp3) is 0.150. The minimum absolute atomic E-state index is 0.327. The number of nitrogens with zero attached hydrogens (tertiary/aromatic N) is 2. The van der Waals surface area contributed by atoms with Crippen molar-refractivity contribution < 1.29 is 4.42 Å². The van der Waals surface area contributed by atoms with Crippen molar-refractivity contribution in [3.05, 3.63) is 82.0 Å². The van der Waals surface area contributed by atoms with E-state index in [4.69, 9.17) is 9.41 Å². The molecule has 3 heterocycles. The number of hydrogen-bond donors (Lipinski definition) is 0. The first-order valence-corrected chi connectivity index (χ1v) is 7.99. The van der Waals surface area contributed by atoms with Crippen LogP contribution in [0.25, 0.3) is 17.0 Å². The molecule has 0 radical (unpaired) electrons. The highest BCUT2D eigenvalue weighted by Crippen LogP contribution is 2.23. The highest BCUT2D eigenvalue weighted by molar-refractivity contribution is 6.15. The first kappa shape index (κ1) is 14.6. The van der Waals surface area contributed by atoms with Gasteiger partial charge in [0.2, 0.25) is 0 Å². The largest absolute Gasteiger partial charge is 0.423 e. The van der Waals surface area contributed by atoms with E-state index in [-0.39, 0.29) is 5.63 Å². The molecule has 0 saturated carbocycles. The molecule has 1 aromatic carbocycles. The predicted octanol–water partition coefficient (Wildman–Crippen LogP) is 3.85. The monoisotopic (exact) mass is 316 g/mol. The number of fused-ring (bicyclic) bond motifs is 1. The van der Waals surface area contributed by atoms with Crippen LogP contribution in [-0.2, 0) is 0 Å². The molecule has 0 bridgehead atoms. The van der Waals surface area contributed by atoms with Crippen LogP contribution in [0.2, 0.25) is 0 Å². The van der Waals surface area contributed by atoms with E-state index in [9.17, 15) is 4.79 Å². The number of aliphatic imine (C=N–C) groups is 1. The van der Waals surface area contributed by atoms with Gasteiger partial charge in [0.05, 0.1) is 5.71 Å². The lowest BCUT2D eigenvalue weighted by molar-refractivity contribution is 0.561. The van der Waals surface area contributed by atoms with Crippen LogP contribution in [-0.4, -0.2) is 17.2 Å². The molecule has 0 saturated heterocycles. The van der Waals surface area contributed by atoms with Gasteiger partial charge in [0, 0.05) is 36.0 Å². The molecule has 2 aromatic heterocycles. The van der Waals surface area contributed by atoms with Crippen LogP contribution < -0.4 is 5.63 Å². The topological polar surface area (TPSA) is 55.5 Å². The Morgan fingerprint density at radius 1 is 1.12 bits per heavy atom. The van der Waals surface area contributed by atoms with Gasteiger partial charge in [0.1, 0.15) is 5.58 Å². The standard InChI is InChI=1S/C20H16N2O2/c23-19-8-6-15-11-14(5-7-18(15)24-19)12-16-3-2-10-22-20(16)17-4-1-9-21-13-17/h1,4-9,11-13H,2-3,10H2. The van der Waals surface area contributed by atoms with Gasteiger partial charge >= 0.3 is 5.63 Å². The van der Waals surface area contributed by atoms with Crippen molar-refractivity contribution in [3.63, 3.8) is 0 Å². The Morgan fingerprint density at radius 3 is 2.96 bits per heavy atom. The summed E-state index contributed by atoms with van der Waals surface area (Å²) < 4.78 is 5.19. The number of rotatable bonds is 2. The van der Waals surface area contributed by atoms with Crippen LogP contribution in [0.1, 0.15) is 24.0 Å². The molecular weight excluding hydrogens is 300 g/mol. The maximum absolute atomic E-state index is 11.3. The molecule has 4 heteroatoms. The average Bonchev–Trinajstić information content (AvgIpc) is 2.63. The molecule has 1 aliphatic heterocycles. The van der Waals surface area contributed by atoms with Gasteiger partial charge in [-0.1, -0.05) is 6.07 Å². The van der Waals surface area contributed by atoms with Crippen LogP contribution in [0, 0.1) is 0 Å². The van der Waals surface area contributed by atoms with Crippen LogP contribution in [0.15, 0.2) is 74.6 Å². The molecule has 0 N–H and O–H groups in total. The minimum Gasteiger partial charge on any atom is -0.423 e. The fourth-order valence-electron chi connectivity index (χ4n) is 2.98. The van der Waals surface area contributed by atoms with Crippen LogP contribution in [0.4, 0.5) is 0 Å². The van der Waals surface area contributed by atoms with Gasteiger partial charge in [0.15, 0.2) is 0 Å². The van der Waals surface area contributed by atoms with E-state index in [0.29, 0.717) is 5.58 Å². The third-order valence-corrected chi connectivity index (χ3v) is 4.10. The average molecular weight is 316 g/mol. The summed E-state index contributed by atoms with van der Waals surface area (Å²) in [6.45, 7) is 0.852. The van der Waals surface area contributed by atoms with Gasteiger partial charge in [-0.2, -0.15) is 0 Å². The molecule has 3 aromatic rings. The van der Waals surface area contributed by atoms with Gasteiger partial charge in [-0.25, -0.2) is 4.79 Å². The Hall–Kier alpha value is -3.01. The molecule has 24 heavy (non-hydrogen) atoms. The predicted molar refractivity (Wildman–Crippen MR) is 95.3 cm³/mol. The van der Waals surface area contributed by atoms with E-state index in [1.165, 1.54) is 11.6 Å². The summed E-state index contributed by atoms with van der Waals surface area (Å²) in [5.74, 6) is 0. The normalized spacial score (nSPS) is 16.3. The second-order valence-corrected chi connectivity index (χ2v) is 5.80. The van der Waals surface area contributed by atoms with Crippen LogP contribution in [0.3, 0.4) is 0 Å². The van der Waals surface area contributed by atoms with Crippen molar-refractivity contribution in [1.29, 1.82) is 0 Å². The summed E-state index contributed by atoms with van der Waals surface area (Å²) in [5.41, 5.74) is 4.64. The zero-order chi connectivity index (χ0) is 16.4. The van der Waals surface area contributed by atoms with Gasteiger partial charge < -0.3 is 4.42 Å².